The number of carbonyl (C=O) groups excluding carboxylic acids is 1. The summed E-state index contributed by atoms with van der Waals surface area (Å²) in [4.78, 5) is 22.4. The second kappa shape index (κ2) is 6.14. The normalized spacial score (nSPS) is 10.2. The van der Waals surface area contributed by atoms with Crippen LogP contribution in [0.2, 0.25) is 0 Å². The minimum absolute atomic E-state index is 0.115. The monoisotopic (exact) mass is 270 g/mol. The molecule has 0 aliphatic heterocycles. The van der Waals surface area contributed by atoms with Gasteiger partial charge in [0.1, 0.15) is 5.69 Å². The molecule has 5 nitrogen and oxygen atoms in total. The summed E-state index contributed by atoms with van der Waals surface area (Å²) >= 11 is 0. The highest BCUT2D eigenvalue weighted by Gasteiger charge is 2.13. The van der Waals surface area contributed by atoms with Gasteiger partial charge in [-0.3, -0.25) is 9.78 Å². The second-order valence-electron chi connectivity index (χ2n) is 4.61. The first kappa shape index (κ1) is 14.0. The molecular formula is C15H18N4O. The van der Waals surface area contributed by atoms with Crippen LogP contribution in [0.1, 0.15) is 21.9 Å². The van der Waals surface area contributed by atoms with Gasteiger partial charge in [-0.25, -0.2) is 4.98 Å². The Morgan fingerprint density at radius 1 is 1.30 bits per heavy atom. The van der Waals surface area contributed by atoms with Crippen LogP contribution >= 0.6 is 0 Å². The molecule has 2 heterocycles. The maximum absolute atomic E-state index is 12.2. The highest BCUT2D eigenvalue weighted by molar-refractivity contribution is 5.92. The first-order valence-electron chi connectivity index (χ1n) is 6.42. The van der Waals surface area contributed by atoms with Crippen molar-refractivity contribution in [1.29, 1.82) is 0 Å². The van der Waals surface area contributed by atoms with Gasteiger partial charge in [0.05, 0.1) is 24.1 Å². The van der Waals surface area contributed by atoms with E-state index in [-0.39, 0.29) is 5.91 Å². The minimum Gasteiger partial charge on any atom is -0.387 e. The van der Waals surface area contributed by atoms with Crippen LogP contribution in [-0.2, 0) is 6.54 Å². The molecule has 0 aromatic carbocycles. The Kier molecular flexibility index (Phi) is 4.30. The molecule has 0 saturated heterocycles. The molecule has 2 aromatic heterocycles. The molecule has 0 radical (unpaired) electrons. The number of pyridine rings is 2. The zero-order chi connectivity index (χ0) is 14.5. The summed E-state index contributed by atoms with van der Waals surface area (Å²) < 4.78 is 0. The fourth-order valence-corrected chi connectivity index (χ4v) is 1.87. The van der Waals surface area contributed by atoms with E-state index in [0.717, 1.165) is 17.1 Å². The largest absolute Gasteiger partial charge is 0.387 e. The molecule has 1 N–H and O–H groups in total. The van der Waals surface area contributed by atoms with E-state index in [1.165, 1.54) is 0 Å². The topological polar surface area (TPSA) is 58.1 Å². The van der Waals surface area contributed by atoms with Crippen molar-refractivity contribution in [3.63, 3.8) is 0 Å². The Bertz CT molecular complexity index is 595. The third-order valence-corrected chi connectivity index (χ3v) is 2.96. The van der Waals surface area contributed by atoms with E-state index < -0.39 is 0 Å². The number of rotatable bonds is 4. The molecule has 1 amide bonds. The minimum atomic E-state index is -0.115. The number of hydrogen-bond donors (Lipinski definition) is 1. The van der Waals surface area contributed by atoms with Crippen LogP contribution in [0.15, 0.2) is 36.5 Å². The number of hydrogen-bond acceptors (Lipinski definition) is 4. The predicted molar refractivity (Wildman–Crippen MR) is 78.6 cm³/mol. The second-order valence-corrected chi connectivity index (χ2v) is 4.61. The van der Waals surface area contributed by atoms with Crippen molar-refractivity contribution in [3.8, 4) is 0 Å². The fraction of sp³-hybridized carbons (Fsp3) is 0.267. The van der Waals surface area contributed by atoms with Gasteiger partial charge >= 0.3 is 0 Å². The molecule has 0 unspecified atom stereocenters. The molecule has 2 aromatic rings. The molecule has 0 aliphatic rings. The zero-order valence-corrected chi connectivity index (χ0v) is 11.9. The number of aromatic nitrogens is 2. The maximum atomic E-state index is 12.2. The van der Waals surface area contributed by atoms with Gasteiger partial charge in [-0.05, 0) is 31.2 Å². The van der Waals surface area contributed by atoms with E-state index >= 15 is 0 Å². The van der Waals surface area contributed by atoms with Gasteiger partial charge in [-0.15, -0.1) is 0 Å². The average Bonchev–Trinajstić information content (AvgIpc) is 2.46. The Morgan fingerprint density at radius 2 is 2.10 bits per heavy atom. The fourth-order valence-electron chi connectivity index (χ4n) is 1.87. The summed E-state index contributed by atoms with van der Waals surface area (Å²) in [7, 11) is 3.56. The Hall–Kier alpha value is -2.43. The van der Waals surface area contributed by atoms with E-state index in [9.17, 15) is 4.79 Å². The van der Waals surface area contributed by atoms with Crippen molar-refractivity contribution in [2.75, 3.05) is 19.4 Å². The van der Waals surface area contributed by atoms with E-state index in [4.69, 9.17) is 0 Å². The van der Waals surface area contributed by atoms with Gasteiger partial charge in [-0.1, -0.05) is 6.07 Å². The van der Waals surface area contributed by atoms with E-state index in [2.05, 4.69) is 15.3 Å². The van der Waals surface area contributed by atoms with Crippen LogP contribution in [0.4, 0.5) is 5.69 Å². The summed E-state index contributed by atoms with van der Waals surface area (Å²) in [6.07, 6.45) is 1.64. The highest BCUT2D eigenvalue weighted by atomic mass is 16.2. The van der Waals surface area contributed by atoms with E-state index in [1.54, 1.807) is 24.2 Å². The molecule has 0 bridgehead atoms. The quantitative estimate of drug-likeness (QED) is 0.924. The third-order valence-electron chi connectivity index (χ3n) is 2.96. The van der Waals surface area contributed by atoms with Gasteiger partial charge in [0, 0.05) is 19.8 Å². The molecule has 104 valence electrons. The molecule has 0 atom stereocenters. The zero-order valence-electron chi connectivity index (χ0n) is 11.9. The van der Waals surface area contributed by atoms with Crippen LogP contribution in [0.3, 0.4) is 0 Å². The van der Waals surface area contributed by atoms with Gasteiger partial charge < -0.3 is 10.2 Å². The van der Waals surface area contributed by atoms with Crippen molar-refractivity contribution >= 4 is 11.6 Å². The van der Waals surface area contributed by atoms with Crippen LogP contribution in [0, 0.1) is 6.92 Å². The van der Waals surface area contributed by atoms with E-state index in [0.29, 0.717) is 12.2 Å². The van der Waals surface area contributed by atoms with Crippen molar-refractivity contribution in [2.45, 2.75) is 13.5 Å². The number of anilines is 1. The Morgan fingerprint density at radius 3 is 2.70 bits per heavy atom. The number of carbonyl (C=O) groups is 1. The van der Waals surface area contributed by atoms with Gasteiger partial charge in [0.25, 0.3) is 5.91 Å². The lowest BCUT2D eigenvalue weighted by Crippen LogP contribution is -2.27. The molecule has 5 heteroatoms. The lowest BCUT2D eigenvalue weighted by atomic mass is 10.2. The van der Waals surface area contributed by atoms with E-state index in [1.807, 2.05) is 38.2 Å². The molecule has 0 saturated carbocycles. The highest BCUT2D eigenvalue weighted by Crippen LogP contribution is 2.09. The first-order chi connectivity index (χ1) is 9.60. The van der Waals surface area contributed by atoms with Crippen LogP contribution in [0.25, 0.3) is 0 Å². The first-order valence-corrected chi connectivity index (χ1v) is 6.42. The Balaban J connectivity index is 2.07. The molecule has 0 fully saturated rings. The summed E-state index contributed by atoms with van der Waals surface area (Å²) in [5.74, 6) is -0.115. The van der Waals surface area contributed by atoms with Crippen molar-refractivity contribution < 1.29 is 4.79 Å². The maximum Gasteiger partial charge on any atom is 0.272 e. The van der Waals surface area contributed by atoms with Crippen molar-refractivity contribution in [3.05, 3.63) is 53.6 Å². The van der Waals surface area contributed by atoms with Crippen molar-refractivity contribution in [1.82, 2.24) is 14.9 Å². The van der Waals surface area contributed by atoms with Gasteiger partial charge in [0.2, 0.25) is 0 Å². The predicted octanol–water partition coefficient (Wildman–Crippen LogP) is 2.10. The van der Waals surface area contributed by atoms with Gasteiger partial charge in [0.15, 0.2) is 0 Å². The smallest absolute Gasteiger partial charge is 0.272 e. The molecule has 0 spiro atoms. The SMILES string of the molecule is CNc1ccc(C(=O)N(C)Cc2cccc(C)n2)nc1. The molecule has 0 aliphatic carbocycles. The third kappa shape index (κ3) is 3.32. The van der Waals surface area contributed by atoms with Crippen molar-refractivity contribution in [2.24, 2.45) is 0 Å². The number of nitrogens with zero attached hydrogens (tertiary/aromatic N) is 3. The number of amides is 1. The van der Waals surface area contributed by atoms with Gasteiger partial charge in [-0.2, -0.15) is 0 Å². The number of nitrogens with one attached hydrogen (secondary N) is 1. The summed E-state index contributed by atoms with van der Waals surface area (Å²) in [5, 5.41) is 2.97. The lowest BCUT2D eigenvalue weighted by molar-refractivity contribution is 0.0777. The van der Waals surface area contributed by atoms with Crippen LogP contribution < -0.4 is 5.32 Å². The van der Waals surface area contributed by atoms with Crippen LogP contribution in [-0.4, -0.2) is 34.9 Å². The van der Waals surface area contributed by atoms with Crippen LogP contribution in [0.5, 0.6) is 0 Å². The summed E-state index contributed by atoms with van der Waals surface area (Å²) in [5.41, 5.74) is 3.12. The Labute approximate surface area is 118 Å². The number of aryl methyl sites for hydroxylation is 1. The average molecular weight is 270 g/mol. The lowest BCUT2D eigenvalue weighted by Gasteiger charge is -2.16. The summed E-state index contributed by atoms with van der Waals surface area (Å²) in [6, 6.07) is 9.33. The summed E-state index contributed by atoms with van der Waals surface area (Å²) in [6.45, 7) is 2.40. The molecular weight excluding hydrogens is 252 g/mol. The standard InChI is InChI=1S/C15H18N4O/c1-11-5-4-6-13(18-11)10-19(3)15(20)14-8-7-12(16-2)9-17-14/h4-9,16H,10H2,1-3H3. The molecule has 20 heavy (non-hydrogen) atoms. The molecule has 2 rings (SSSR count).